The summed E-state index contributed by atoms with van der Waals surface area (Å²) in [5.41, 5.74) is -0.124. The SMILES string of the molecule is CCOC(=O)C[C@H](C)CNc1ccc(S(=O)(=O)N(CC)CC)cc1[N+](=O)[O-]. The van der Waals surface area contributed by atoms with Gasteiger partial charge in [0.1, 0.15) is 5.69 Å². The first-order valence-electron chi connectivity index (χ1n) is 8.85. The molecule has 0 radical (unpaired) electrons. The second-order valence-corrected chi connectivity index (χ2v) is 7.96. The van der Waals surface area contributed by atoms with E-state index >= 15 is 0 Å². The van der Waals surface area contributed by atoms with Gasteiger partial charge in [-0.1, -0.05) is 20.8 Å². The monoisotopic (exact) mass is 401 g/mol. The Morgan fingerprint density at radius 3 is 2.44 bits per heavy atom. The average Bonchev–Trinajstić information content (AvgIpc) is 2.60. The Morgan fingerprint density at radius 1 is 1.30 bits per heavy atom. The van der Waals surface area contributed by atoms with Crippen molar-refractivity contribution in [3.63, 3.8) is 0 Å². The van der Waals surface area contributed by atoms with E-state index in [1.807, 2.05) is 6.92 Å². The van der Waals surface area contributed by atoms with Gasteiger partial charge in [0.05, 0.1) is 16.4 Å². The third kappa shape index (κ3) is 6.17. The maximum Gasteiger partial charge on any atom is 0.306 e. The van der Waals surface area contributed by atoms with Crippen LogP contribution < -0.4 is 5.32 Å². The van der Waals surface area contributed by atoms with Crippen LogP contribution >= 0.6 is 0 Å². The summed E-state index contributed by atoms with van der Waals surface area (Å²) in [4.78, 5) is 22.1. The Bertz CT molecular complexity index is 762. The third-order valence-corrected chi connectivity index (χ3v) is 6.02. The van der Waals surface area contributed by atoms with E-state index in [-0.39, 0.29) is 47.7 Å². The number of esters is 1. The zero-order chi connectivity index (χ0) is 20.6. The Labute approximate surface area is 159 Å². The highest BCUT2D eigenvalue weighted by Gasteiger charge is 2.25. The highest BCUT2D eigenvalue weighted by molar-refractivity contribution is 7.89. The molecule has 9 nitrogen and oxygen atoms in total. The van der Waals surface area contributed by atoms with Crippen LogP contribution in [0.3, 0.4) is 0 Å². The van der Waals surface area contributed by atoms with Crippen LogP contribution in [0.5, 0.6) is 0 Å². The van der Waals surface area contributed by atoms with Gasteiger partial charge < -0.3 is 10.1 Å². The molecule has 0 fully saturated rings. The first-order valence-corrected chi connectivity index (χ1v) is 10.3. The van der Waals surface area contributed by atoms with Gasteiger partial charge in [-0.2, -0.15) is 4.31 Å². The van der Waals surface area contributed by atoms with Gasteiger partial charge in [0.15, 0.2) is 0 Å². The van der Waals surface area contributed by atoms with Gasteiger partial charge in [0.2, 0.25) is 10.0 Å². The van der Waals surface area contributed by atoms with Crippen LogP contribution in [-0.2, 0) is 19.6 Å². The molecule has 1 atom stereocenters. The molecule has 0 saturated heterocycles. The van der Waals surface area contributed by atoms with E-state index in [2.05, 4.69) is 5.32 Å². The topological polar surface area (TPSA) is 119 Å². The van der Waals surface area contributed by atoms with Crippen molar-refractivity contribution in [1.82, 2.24) is 4.31 Å². The largest absolute Gasteiger partial charge is 0.466 e. The molecule has 0 amide bonds. The normalized spacial score (nSPS) is 12.6. The number of nitro benzene ring substituents is 1. The molecule has 0 aliphatic carbocycles. The smallest absolute Gasteiger partial charge is 0.306 e. The molecule has 0 aromatic heterocycles. The van der Waals surface area contributed by atoms with Gasteiger partial charge >= 0.3 is 5.97 Å². The summed E-state index contributed by atoms with van der Waals surface area (Å²) in [7, 11) is -3.79. The first kappa shape index (κ1) is 22.8. The molecule has 0 heterocycles. The van der Waals surface area contributed by atoms with Crippen molar-refractivity contribution in [1.29, 1.82) is 0 Å². The zero-order valence-corrected chi connectivity index (χ0v) is 16.9. The molecule has 0 unspecified atom stereocenters. The van der Waals surface area contributed by atoms with Gasteiger partial charge in [-0.3, -0.25) is 14.9 Å². The second kappa shape index (κ2) is 10.2. The number of benzene rings is 1. The quantitative estimate of drug-likeness (QED) is 0.344. The molecule has 0 spiro atoms. The van der Waals surface area contributed by atoms with E-state index in [1.165, 1.54) is 16.4 Å². The van der Waals surface area contributed by atoms with Crippen molar-refractivity contribution in [3.8, 4) is 0 Å². The summed E-state index contributed by atoms with van der Waals surface area (Å²) >= 11 is 0. The predicted octanol–water partition coefficient (Wildman–Crippen LogP) is 2.63. The van der Waals surface area contributed by atoms with Crippen molar-refractivity contribution in [2.24, 2.45) is 5.92 Å². The number of hydrogen-bond acceptors (Lipinski definition) is 7. The average molecular weight is 401 g/mol. The van der Waals surface area contributed by atoms with E-state index in [0.717, 1.165) is 6.07 Å². The van der Waals surface area contributed by atoms with Gasteiger partial charge in [-0.05, 0) is 25.0 Å². The fourth-order valence-corrected chi connectivity index (χ4v) is 4.02. The van der Waals surface area contributed by atoms with E-state index < -0.39 is 14.9 Å². The fourth-order valence-electron chi connectivity index (χ4n) is 2.55. The molecule has 1 rings (SSSR count). The zero-order valence-electron chi connectivity index (χ0n) is 16.1. The molecule has 0 bridgehead atoms. The molecule has 0 saturated carbocycles. The van der Waals surface area contributed by atoms with Crippen LogP contribution in [0.1, 0.15) is 34.1 Å². The minimum absolute atomic E-state index is 0.109. The van der Waals surface area contributed by atoms with Crippen molar-refractivity contribution in [3.05, 3.63) is 28.3 Å². The Morgan fingerprint density at radius 2 is 1.93 bits per heavy atom. The van der Waals surface area contributed by atoms with Crippen LogP contribution in [0.4, 0.5) is 11.4 Å². The highest BCUT2D eigenvalue weighted by Crippen LogP contribution is 2.29. The van der Waals surface area contributed by atoms with Crippen LogP contribution in [-0.4, -0.2) is 49.9 Å². The second-order valence-electron chi connectivity index (χ2n) is 6.02. The number of sulfonamides is 1. The lowest BCUT2D eigenvalue weighted by atomic mass is 10.1. The molecule has 1 N–H and O–H groups in total. The summed E-state index contributed by atoms with van der Waals surface area (Å²) in [5, 5.41) is 14.3. The molecule has 1 aromatic rings. The number of carbonyl (C=O) groups excluding carboxylic acids is 1. The minimum Gasteiger partial charge on any atom is -0.466 e. The Kier molecular flexibility index (Phi) is 8.64. The summed E-state index contributed by atoms with van der Waals surface area (Å²) < 4.78 is 31.2. The minimum atomic E-state index is -3.79. The molecule has 10 heteroatoms. The van der Waals surface area contributed by atoms with Gasteiger partial charge in [0, 0.05) is 32.1 Å². The molecular weight excluding hydrogens is 374 g/mol. The number of ether oxygens (including phenoxy) is 1. The lowest BCUT2D eigenvalue weighted by Gasteiger charge is -2.19. The standard InChI is InChI=1S/C17H27N3O6S/c1-5-19(6-2)27(24,25)14-8-9-15(16(11-14)20(22)23)18-12-13(4)10-17(21)26-7-3/h8-9,11,13,18H,5-7,10,12H2,1-4H3/t13-/m0/s1. The maximum atomic E-state index is 12.6. The van der Waals surface area contributed by atoms with E-state index in [4.69, 9.17) is 4.74 Å². The predicted molar refractivity (Wildman–Crippen MR) is 102 cm³/mol. The molecule has 152 valence electrons. The van der Waals surface area contributed by atoms with Crippen molar-refractivity contribution in [2.45, 2.75) is 39.0 Å². The molecule has 27 heavy (non-hydrogen) atoms. The first-order chi connectivity index (χ1) is 12.7. The number of anilines is 1. The Hall–Kier alpha value is -2.20. The van der Waals surface area contributed by atoms with E-state index in [0.29, 0.717) is 13.2 Å². The molecule has 0 aliphatic rings. The summed E-state index contributed by atoms with van der Waals surface area (Å²) in [6, 6.07) is 3.79. The van der Waals surface area contributed by atoms with E-state index in [9.17, 15) is 23.3 Å². The molecular formula is C17H27N3O6S. The fraction of sp³-hybridized carbons (Fsp3) is 0.588. The number of nitro groups is 1. The Balaban J connectivity index is 3.01. The van der Waals surface area contributed by atoms with Gasteiger partial charge in [-0.15, -0.1) is 0 Å². The maximum absolute atomic E-state index is 12.6. The number of carbonyl (C=O) groups is 1. The van der Waals surface area contributed by atoms with Crippen molar-refractivity contribution in [2.75, 3.05) is 31.6 Å². The molecule has 0 aliphatic heterocycles. The van der Waals surface area contributed by atoms with Crippen LogP contribution in [0.25, 0.3) is 0 Å². The number of hydrogen-bond donors (Lipinski definition) is 1. The lowest BCUT2D eigenvalue weighted by Crippen LogP contribution is -2.30. The highest BCUT2D eigenvalue weighted by atomic mass is 32.2. The summed E-state index contributed by atoms with van der Waals surface area (Å²) in [5.74, 6) is -0.440. The van der Waals surface area contributed by atoms with Crippen LogP contribution in [0.15, 0.2) is 23.1 Å². The lowest BCUT2D eigenvalue weighted by molar-refractivity contribution is -0.384. The summed E-state index contributed by atoms with van der Waals surface area (Å²) in [6.45, 7) is 8.10. The van der Waals surface area contributed by atoms with Crippen molar-refractivity contribution < 1.29 is 22.9 Å². The van der Waals surface area contributed by atoms with Crippen molar-refractivity contribution >= 4 is 27.4 Å². The number of rotatable bonds is 11. The number of nitrogens with zero attached hydrogens (tertiary/aromatic N) is 2. The van der Waals surface area contributed by atoms with E-state index in [1.54, 1.807) is 20.8 Å². The van der Waals surface area contributed by atoms with Gasteiger partial charge in [-0.25, -0.2) is 8.42 Å². The molecule has 1 aromatic carbocycles. The third-order valence-electron chi connectivity index (χ3n) is 3.97. The van der Waals surface area contributed by atoms with Crippen LogP contribution in [0.2, 0.25) is 0 Å². The number of nitrogens with one attached hydrogen (secondary N) is 1. The van der Waals surface area contributed by atoms with Crippen LogP contribution in [0, 0.1) is 16.0 Å². The summed E-state index contributed by atoms with van der Waals surface area (Å²) in [6.07, 6.45) is 0.184. The van der Waals surface area contributed by atoms with Gasteiger partial charge in [0.25, 0.3) is 5.69 Å².